The Bertz CT molecular complexity index is 460. The van der Waals surface area contributed by atoms with Crippen molar-refractivity contribution in [2.24, 2.45) is 0 Å². The lowest BCUT2D eigenvalue weighted by molar-refractivity contribution is -0.142. The molecule has 0 radical (unpaired) electrons. The number of carbonyl (C=O) groups is 2. The van der Waals surface area contributed by atoms with Crippen molar-refractivity contribution in [2.45, 2.75) is 32.9 Å². The lowest BCUT2D eigenvalue weighted by Crippen LogP contribution is -2.36. The van der Waals surface area contributed by atoms with Crippen LogP contribution < -0.4 is 10.6 Å². The van der Waals surface area contributed by atoms with Crippen molar-refractivity contribution in [1.82, 2.24) is 5.32 Å². The summed E-state index contributed by atoms with van der Waals surface area (Å²) in [7, 11) is 1.36. The van der Waals surface area contributed by atoms with Crippen LogP contribution in [0, 0.1) is 0 Å². The summed E-state index contributed by atoms with van der Waals surface area (Å²) < 4.78 is 4.67. The standard InChI is InChI=1S/C14H20N2O3/c1-9(15-10(2)14(18)19-4)12-6-5-7-13(8-12)16-11(3)17/h5-10,15H,1-4H3,(H,16,17). The van der Waals surface area contributed by atoms with Crippen molar-refractivity contribution >= 4 is 17.6 Å². The smallest absolute Gasteiger partial charge is 0.322 e. The first kappa shape index (κ1) is 15.2. The fraction of sp³-hybridized carbons (Fsp3) is 0.429. The minimum Gasteiger partial charge on any atom is -0.468 e. The van der Waals surface area contributed by atoms with E-state index < -0.39 is 0 Å². The summed E-state index contributed by atoms with van der Waals surface area (Å²) >= 11 is 0. The summed E-state index contributed by atoms with van der Waals surface area (Å²) in [6.07, 6.45) is 0. The van der Waals surface area contributed by atoms with Gasteiger partial charge in [0.25, 0.3) is 0 Å². The molecule has 0 saturated carbocycles. The SMILES string of the molecule is COC(=O)C(C)NC(C)c1cccc(NC(C)=O)c1. The third kappa shape index (κ3) is 4.71. The van der Waals surface area contributed by atoms with Gasteiger partial charge < -0.3 is 10.1 Å². The van der Waals surface area contributed by atoms with Gasteiger partial charge in [-0.2, -0.15) is 0 Å². The van der Waals surface area contributed by atoms with Gasteiger partial charge in [-0.1, -0.05) is 12.1 Å². The zero-order valence-corrected chi connectivity index (χ0v) is 11.7. The van der Waals surface area contributed by atoms with E-state index in [-0.39, 0.29) is 24.0 Å². The van der Waals surface area contributed by atoms with E-state index in [1.165, 1.54) is 14.0 Å². The number of amides is 1. The Morgan fingerprint density at radius 1 is 1.26 bits per heavy atom. The highest BCUT2D eigenvalue weighted by Gasteiger charge is 2.16. The molecule has 5 heteroatoms. The van der Waals surface area contributed by atoms with Crippen molar-refractivity contribution < 1.29 is 14.3 Å². The van der Waals surface area contributed by atoms with Gasteiger partial charge in [-0.15, -0.1) is 0 Å². The van der Waals surface area contributed by atoms with Crippen LogP contribution in [0.5, 0.6) is 0 Å². The normalized spacial score (nSPS) is 13.5. The van der Waals surface area contributed by atoms with Gasteiger partial charge >= 0.3 is 5.97 Å². The number of anilines is 1. The van der Waals surface area contributed by atoms with Gasteiger partial charge in [0.2, 0.25) is 5.91 Å². The van der Waals surface area contributed by atoms with Crippen LogP contribution in [0.4, 0.5) is 5.69 Å². The van der Waals surface area contributed by atoms with E-state index in [0.717, 1.165) is 11.3 Å². The molecule has 0 fully saturated rings. The average Bonchev–Trinajstić information content (AvgIpc) is 2.37. The van der Waals surface area contributed by atoms with E-state index in [4.69, 9.17) is 0 Å². The van der Waals surface area contributed by atoms with E-state index >= 15 is 0 Å². The van der Waals surface area contributed by atoms with Gasteiger partial charge in [-0.3, -0.25) is 14.9 Å². The third-order valence-electron chi connectivity index (χ3n) is 2.76. The fourth-order valence-corrected chi connectivity index (χ4v) is 1.81. The predicted molar refractivity (Wildman–Crippen MR) is 73.8 cm³/mol. The number of hydrogen-bond acceptors (Lipinski definition) is 4. The van der Waals surface area contributed by atoms with Gasteiger partial charge in [0, 0.05) is 18.7 Å². The molecule has 1 aromatic carbocycles. The number of rotatable bonds is 5. The summed E-state index contributed by atoms with van der Waals surface area (Å²) in [5.74, 6) is -0.412. The van der Waals surface area contributed by atoms with Crippen LogP contribution in [0.2, 0.25) is 0 Å². The number of ether oxygens (including phenoxy) is 1. The van der Waals surface area contributed by atoms with Crippen LogP contribution in [0.25, 0.3) is 0 Å². The highest BCUT2D eigenvalue weighted by atomic mass is 16.5. The number of benzene rings is 1. The molecule has 2 atom stereocenters. The van der Waals surface area contributed by atoms with Gasteiger partial charge in [0.15, 0.2) is 0 Å². The lowest BCUT2D eigenvalue weighted by atomic mass is 10.1. The van der Waals surface area contributed by atoms with E-state index in [1.54, 1.807) is 6.92 Å². The Hall–Kier alpha value is -1.88. The van der Waals surface area contributed by atoms with Crippen molar-refractivity contribution in [1.29, 1.82) is 0 Å². The number of esters is 1. The molecule has 0 aliphatic heterocycles. The Balaban J connectivity index is 2.73. The number of carbonyl (C=O) groups excluding carboxylic acids is 2. The Labute approximate surface area is 113 Å². The zero-order chi connectivity index (χ0) is 14.4. The minimum absolute atomic E-state index is 0.0252. The van der Waals surface area contributed by atoms with E-state index in [0.29, 0.717) is 0 Å². The first-order chi connectivity index (χ1) is 8.93. The Morgan fingerprint density at radius 3 is 2.53 bits per heavy atom. The second kappa shape index (κ2) is 6.89. The summed E-state index contributed by atoms with van der Waals surface area (Å²) in [5.41, 5.74) is 1.73. The molecule has 0 heterocycles. The molecule has 0 saturated heterocycles. The highest BCUT2D eigenvalue weighted by molar-refractivity contribution is 5.88. The maximum Gasteiger partial charge on any atom is 0.322 e. The summed E-state index contributed by atoms with van der Waals surface area (Å²) in [6.45, 7) is 5.17. The molecular formula is C14H20N2O3. The molecule has 104 valence electrons. The van der Waals surface area contributed by atoms with E-state index in [2.05, 4.69) is 15.4 Å². The van der Waals surface area contributed by atoms with E-state index in [1.807, 2.05) is 31.2 Å². The predicted octanol–water partition coefficient (Wildman–Crippen LogP) is 1.86. The van der Waals surface area contributed by atoms with Crippen molar-refractivity contribution in [3.8, 4) is 0 Å². The molecule has 0 bridgehead atoms. The van der Waals surface area contributed by atoms with Crippen LogP contribution in [-0.2, 0) is 14.3 Å². The second-order valence-electron chi connectivity index (χ2n) is 4.44. The molecule has 5 nitrogen and oxygen atoms in total. The molecule has 2 N–H and O–H groups in total. The fourth-order valence-electron chi connectivity index (χ4n) is 1.81. The quantitative estimate of drug-likeness (QED) is 0.797. The maximum atomic E-state index is 11.3. The second-order valence-corrected chi connectivity index (χ2v) is 4.44. The van der Waals surface area contributed by atoms with Crippen LogP contribution in [-0.4, -0.2) is 25.0 Å². The first-order valence-corrected chi connectivity index (χ1v) is 6.15. The van der Waals surface area contributed by atoms with E-state index in [9.17, 15) is 9.59 Å². The summed E-state index contributed by atoms with van der Waals surface area (Å²) in [4.78, 5) is 22.4. The number of nitrogens with one attached hydrogen (secondary N) is 2. The molecular weight excluding hydrogens is 244 g/mol. The Morgan fingerprint density at radius 2 is 1.95 bits per heavy atom. The largest absolute Gasteiger partial charge is 0.468 e. The molecule has 0 spiro atoms. The summed E-state index contributed by atoms with van der Waals surface area (Å²) in [6, 6.07) is 7.09. The van der Waals surface area contributed by atoms with Gasteiger partial charge in [0.05, 0.1) is 7.11 Å². The monoisotopic (exact) mass is 264 g/mol. The topological polar surface area (TPSA) is 67.4 Å². The minimum atomic E-state index is -0.385. The number of methoxy groups -OCH3 is 1. The average molecular weight is 264 g/mol. The van der Waals surface area contributed by atoms with Crippen LogP contribution >= 0.6 is 0 Å². The Kier molecular flexibility index (Phi) is 5.51. The molecule has 0 aliphatic carbocycles. The molecule has 0 aromatic heterocycles. The molecule has 1 rings (SSSR count). The van der Waals surface area contributed by atoms with Gasteiger partial charge in [0.1, 0.15) is 6.04 Å². The molecule has 1 aromatic rings. The lowest BCUT2D eigenvalue weighted by Gasteiger charge is -2.19. The van der Waals surface area contributed by atoms with Crippen molar-refractivity contribution in [2.75, 3.05) is 12.4 Å². The molecule has 0 aliphatic rings. The highest BCUT2D eigenvalue weighted by Crippen LogP contribution is 2.18. The first-order valence-electron chi connectivity index (χ1n) is 6.15. The number of hydrogen-bond donors (Lipinski definition) is 2. The third-order valence-corrected chi connectivity index (χ3v) is 2.76. The van der Waals surface area contributed by atoms with Crippen LogP contribution in [0.3, 0.4) is 0 Å². The van der Waals surface area contributed by atoms with Gasteiger partial charge in [-0.05, 0) is 31.5 Å². The zero-order valence-electron chi connectivity index (χ0n) is 11.7. The summed E-state index contributed by atoms with van der Waals surface area (Å²) in [5, 5.41) is 5.87. The van der Waals surface area contributed by atoms with Gasteiger partial charge in [-0.25, -0.2) is 0 Å². The van der Waals surface area contributed by atoms with Crippen LogP contribution in [0.1, 0.15) is 32.4 Å². The molecule has 1 amide bonds. The molecule has 19 heavy (non-hydrogen) atoms. The van der Waals surface area contributed by atoms with Crippen LogP contribution in [0.15, 0.2) is 24.3 Å². The maximum absolute atomic E-state index is 11.3. The molecule has 2 unspecified atom stereocenters. The van der Waals surface area contributed by atoms with Crippen molar-refractivity contribution in [3.63, 3.8) is 0 Å². The van der Waals surface area contributed by atoms with Crippen molar-refractivity contribution in [3.05, 3.63) is 29.8 Å².